The van der Waals surface area contributed by atoms with Crippen LogP contribution in [0, 0.1) is 0 Å². The van der Waals surface area contributed by atoms with Crippen molar-refractivity contribution >= 4 is 42.9 Å². The third kappa shape index (κ3) is 1.74. The van der Waals surface area contributed by atoms with Gasteiger partial charge in [-0.05, 0) is 28.1 Å². The second kappa shape index (κ2) is 3.72. The molecule has 0 bridgehead atoms. The van der Waals surface area contributed by atoms with Crippen molar-refractivity contribution in [1.29, 1.82) is 0 Å². The maximum absolute atomic E-state index is 4.44. The number of benzene rings is 1. The molecule has 0 atom stereocenters. The van der Waals surface area contributed by atoms with E-state index in [0.717, 1.165) is 21.3 Å². The Hall–Kier alpha value is -0.480. The second-order valence-electron chi connectivity index (χ2n) is 2.58. The van der Waals surface area contributed by atoms with E-state index in [4.69, 9.17) is 0 Å². The summed E-state index contributed by atoms with van der Waals surface area (Å²) < 4.78 is 0.808. The summed E-state index contributed by atoms with van der Waals surface area (Å²) in [5, 5.41) is 0.714. The highest BCUT2D eigenvalue weighted by Crippen LogP contribution is 2.18. The zero-order valence-corrected chi connectivity index (χ0v) is 9.84. The number of halogens is 2. The molecule has 1 heterocycles. The SMILES string of the molecule is BrCc1nc2ccccc2nc1Br. The van der Waals surface area contributed by atoms with Gasteiger partial charge in [-0.3, -0.25) is 0 Å². The van der Waals surface area contributed by atoms with Crippen molar-refractivity contribution in [2.45, 2.75) is 5.33 Å². The van der Waals surface area contributed by atoms with Gasteiger partial charge in [-0.1, -0.05) is 28.1 Å². The van der Waals surface area contributed by atoms with E-state index >= 15 is 0 Å². The number of nitrogens with zero attached hydrogens (tertiary/aromatic N) is 2. The van der Waals surface area contributed by atoms with Crippen LogP contribution in [0.25, 0.3) is 11.0 Å². The summed E-state index contributed by atoms with van der Waals surface area (Å²) >= 11 is 6.74. The lowest BCUT2D eigenvalue weighted by molar-refractivity contribution is 1.13. The molecule has 0 saturated heterocycles. The third-order valence-corrected chi connectivity index (χ3v) is 2.89. The molecule has 1 aromatic heterocycles. The Bertz CT molecular complexity index is 443. The normalized spacial score (nSPS) is 10.6. The molecule has 0 N–H and O–H groups in total. The van der Waals surface area contributed by atoms with Gasteiger partial charge < -0.3 is 0 Å². The van der Waals surface area contributed by atoms with Gasteiger partial charge in [-0.15, -0.1) is 0 Å². The van der Waals surface area contributed by atoms with Crippen LogP contribution >= 0.6 is 31.9 Å². The minimum Gasteiger partial charge on any atom is -0.247 e. The standard InChI is InChI=1S/C9H6Br2N2/c10-5-8-9(11)13-7-4-2-1-3-6(7)12-8/h1-4H,5H2. The smallest absolute Gasteiger partial charge is 0.129 e. The van der Waals surface area contributed by atoms with Gasteiger partial charge in [-0.25, -0.2) is 9.97 Å². The van der Waals surface area contributed by atoms with Crippen molar-refractivity contribution in [3.05, 3.63) is 34.6 Å². The average Bonchev–Trinajstić information content (AvgIpc) is 2.17. The number of para-hydroxylation sites is 2. The molecule has 66 valence electrons. The Labute approximate surface area is 92.7 Å². The highest BCUT2D eigenvalue weighted by Gasteiger charge is 2.03. The van der Waals surface area contributed by atoms with E-state index in [9.17, 15) is 0 Å². The number of hydrogen-bond donors (Lipinski definition) is 0. The molecule has 2 nitrogen and oxygen atoms in total. The van der Waals surface area contributed by atoms with Crippen molar-refractivity contribution in [2.24, 2.45) is 0 Å². The highest BCUT2D eigenvalue weighted by molar-refractivity contribution is 9.10. The fraction of sp³-hybridized carbons (Fsp3) is 0.111. The lowest BCUT2D eigenvalue weighted by Gasteiger charge is -2.01. The minimum atomic E-state index is 0.714. The van der Waals surface area contributed by atoms with Gasteiger partial charge in [0.2, 0.25) is 0 Å². The Kier molecular flexibility index (Phi) is 2.60. The maximum Gasteiger partial charge on any atom is 0.129 e. The van der Waals surface area contributed by atoms with Gasteiger partial charge in [-0.2, -0.15) is 0 Å². The molecule has 4 heteroatoms. The van der Waals surface area contributed by atoms with Gasteiger partial charge in [0.1, 0.15) is 4.60 Å². The highest BCUT2D eigenvalue weighted by atomic mass is 79.9. The molecule has 0 aliphatic rings. The van der Waals surface area contributed by atoms with Crippen LogP contribution in [0.4, 0.5) is 0 Å². The van der Waals surface area contributed by atoms with E-state index in [2.05, 4.69) is 41.8 Å². The van der Waals surface area contributed by atoms with E-state index in [0.29, 0.717) is 5.33 Å². The van der Waals surface area contributed by atoms with Crippen LogP contribution in [0.1, 0.15) is 5.69 Å². The Morgan fingerprint density at radius 2 is 1.69 bits per heavy atom. The van der Waals surface area contributed by atoms with Crippen LogP contribution in [0.5, 0.6) is 0 Å². The van der Waals surface area contributed by atoms with E-state index in [1.54, 1.807) is 0 Å². The van der Waals surface area contributed by atoms with E-state index < -0.39 is 0 Å². The van der Waals surface area contributed by atoms with Crippen LogP contribution < -0.4 is 0 Å². The van der Waals surface area contributed by atoms with Crippen LogP contribution in [-0.4, -0.2) is 9.97 Å². The summed E-state index contributed by atoms with van der Waals surface area (Å²) in [6.07, 6.45) is 0. The van der Waals surface area contributed by atoms with Crippen molar-refractivity contribution < 1.29 is 0 Å². The molecule has 2 aromatic rings. The van der Waals surface area contributed by atoms with Crippen molar-refractivity contribution in [2.75, 3.05) is 0 Å². The van der Waals surface area contributed by atoms with Crippen LogP contribution in [0.3, 0.4) is 0 Å². The molecule has 0 fully saturated rings. The first-order valence-corrected chi connectivity index (χ1v) is 5.70. The Morgan fingerprint density at radius 3 is 2.31 bits per heavy atom. The monoisotopic (exact) mass is 300 g/mol. The molecule has 0 radical (unpaired) electrons. The largest absolute Gasteiger partial charge is 0.247 e. The predicted molar refractivity (Wildman–Crippen MR) is 59.9 cm³/mol. The maximum atomic E-state index is 4.44. The van der Waals surface area contributed by atoms with Gasteiger partial charge in [0.25, 0.3) is 0 Å². The second-order valence-corrected chi connectivity index (χ2v) is 3.90. The van der Waals surface area contributed by atoms with Gasteiger partial charge in [0.05, 0.1) is 16.7 Å². The van der Waals surface area contributed by atoms with Crippen LogP contribution in [0.15, 0.2) is 28.9 Å². The summed E-state index contributed by atoms with van der Waals surface area (Å²) in [7, 11) is 0. The first-order chi connectivity index (χ1) is 6.31. The quantitative estimate of drug-likeness (QED) is 0.755. The van der Waals surface area contributed by atoms with E-state index in [1.165, 1.54) is 0 Å². The number of fused-ring (bicyclic) bond motifs is 1. The predicted octanol–water partition coefficient (Wildman–Crippen LogP) is 3.29. The summed E-state index contributed by atoms with van der Waals surface area (Å²) in [6, 6.07) is 7.83. The van der Waals surface area contributed by atoms with E-state index in [-0.39, 0.29) is 0 Å². The van der Waals surface area contributed by atoms with Crippen LogP contribution in [0.2, 0.25) is 0 Å². The van der Waals surface area contributed by atoms with Crippen LogP contribution in [-0.2, 0) is 5.33 Å². The van der Waals surface area contributed by atoms with Gasteiger partial charge in [0, 0.05) is 5.33 Å². The average molecular weight is 302 g/mol. The molecule has 0 spiro atoms. The van der Waals surface area contributed by atoms with E-state index in [1.807, 2.05) is 24.3 Å². The lowest BCUT2D eigenvalue weighted by atomic mass is 10.3. The zero-order chi connectivity index (χ0) is 9.26. The number of aromatic nitrogens is 2. The first-order valence-electron chi connectivity index (χ1n) is 3.78. The zero-order valence-electron chi connectivity index (χ0n) is 6.67. The molecular formula is C9H6Br2N2. The molecular weight excluding hydrogens is 296 g/mol. The summed E-state index contributed by atoms with van der Waals surface area (Å²) in [4.78, 5) is 8.81. The molecule has 0 unspecified atom stereocenters. The van der Waals surface area contributed by atoms with Gasteiger partial charge in [0.15, 0.2) is 0 Å². The Morgan fingerprint density at radius 1 is 1.08 bits per heavy atom. The number of hydrogen-bond acceptors (Lipinski definition) is 2. The fourth-order valence-corrected chi connectivity index (χ4v) is 2.29. The molecule has 2 rings (SSSR count). The molecule has 13 heavy (non-hydrogen) atoms. The fourth-order valence-electron chi connectivity index (χ4n) is 1.10. The molecule has 0 aliphatic heterocycles. The summed E-state index contributed by atoms with van der Waals surface area (Å²) in [5.74, 6) is 0. The number of alkyl halides is 1. The third-order valence-electron chi connectivity index (χ3n) is 1.72. The molecule has 0 amide bonds. The molecule has 1 aromatic carbocycles. The first kappa shape index (κ1) is 9.09. The van der Waals surface area contributed by atoms with Crippen molar-refractivity contribution in [3.8, 4) is 0 Å². The Balaban J connectivity index is 2.74. The topological polar surface area (TPSA) is 25.8 Å². The van der Waals surface area contributed by atoms with Gasteiger partial charge >= 0.3 is 0 Å². The van der Waals surface area contributed by atoms with Crippen molar-refractivity contribution in [1.82, 2.24) is 9.97 Å². The summed E-state index contributed by atoms with van der Waals surface area (Å²) in [5.41, 5.74) is 2.78. The minimum absolute atomic E-state index is 0.714. The molecule has 0 aliphatic carbocycles. The molecule has 0 saturated carbocycles. The lowest BCUT2D eigenvalue weighted by Crippen LogP contribution is -1.92. The number of rotatable bonds is 1. The van der Waals surface area contributed by atoms with Crippen molar-refractivity contribution in [3.63, 3.8) is 0 Å². The summed E-state index contributed by atoms with van der Waals surface area (Å²) in [6.45, 7) is 0.